The molecule has 2 heterocycles. The molecule has 1 atom stereocenters. The normalized spacial score (nSPS) is 17.5. The molecule has 0 saturated carbocycles. The van der Waals surface area contributed by atoms with E-state index in [2.05, 4.69) is 44.6 Å². The Morgan fingerprint density at radius 1 is 1.27 bits per heavy atom. The molecule has 1 saturated heterocycles. The number of aromatic nitrogens is 3. The van der Waals surface area contributed by atoms with Crippen molar-refractivity contribution in [2.75, 3.05) is 19.6 Å². The fraction of sp³-hybridized carbons (Fsp3) is 0.500. The largest absolute Gasteiger partial charge is 0.354 e. The van der Waals surface area contributed by atoms with Crippen molar-refractivity contribution in [1.29, 1.82) is 0 Å². The monoisotopic (exact) mass is 378 g/mol. The number of halogens is 1. The van der Waals surface area contributed by atoms with Gasteiger partial charge in [-0.2, -0.15) is 5.10 Å². The molecule has 1 aromatic heterocycles. The predicted octanol–water partition coefficient (Wildman–Crippen LogP) is 1.51. The Balaban J connectivity index is 0.00000243. The molecule has 0 spiro atoms. The van der Waals surface area contributed by atoms with Crippen LogP contribution in [0, 0.1) is 0 Å². The van der Waals surface area contributed by atoms with Crippen molar-refractivity contribution >= 4 is 18.3 Å². The molecule has 1 fully saturated rings. The average molecular weight is 379 g/mol. The second-order valence-electron chi connectivity index (χ2n) is 6.47. The molecule has 142 valence electrons. The Morgan fingerprint density at radius 2 is 2.08 bits per heavy atom. The number of benzene rings is 1. The van der Waals surface area contributed by atoms with Crippen LogP contribution in [0.15, 0.2) is 36.9 Å². The van der Waals surface area contributed by atoms with Gasteiger partial charge in [0.1, 0.15) is 12.7 Å². The Kier molecular flexibility index (Phi) is 8.03. The van der Waals surface area contributed by atoms with E-state index in [-0.39, 0.29) is 18.3 Å². The number of carbonyl (C=O) groups excluding carboxylic acids is 1. The van der Waals surface area contributed by atoms with Crippen LogP contribution in [-0.2, 0) is 11.3 Å². The summed E-state index contributed by atoms with van der Waals surface area (Å²) in [5.74, 6) is 0.0465. The molecule has 8 heteroatoms. The molecule has 2 aromatic rings. The fourth-order valence-corrected chi connectivity index (χ4v) is 3.28. The van der Waals surface area contributed by atoms with Crippen molar-refractivity contribution in [2.24, 2.45) is 5.73 Å². The van der Waals surface area contributed by atoms with E-state index in [1.807, 2.05) is 0 Å². The first-order valence-corrected chi connectivity index (χ1v) is 8.91. The SMILES string of the molecule is Cl.NCCC(=O)NCC1CCCCN1Cc1ccc(-n2cncn2)cc1. The summed E-state index contributed by atoms with van der Waals surface area (Å²) in [5, 5.41) is 7.16. The van der Waals surface area contributed by atoms with Gasteiger partial charge in [0.25, 0.3) is 0 Å². The number of hydrogen-bond donors (Lipinski definition) is 2. The minimum Gasteiger partial charge on any atom is -0.354 e. The lowest BCUT2D eigenvalue weighted by Gasteiger charge is -2.36. The van der Waals surface area contributed by atoms with Crippen molar-refractivity contribution in [1.82, 2.24) is 25.0 Å². The minimum absolute atomic E-state index is 0. The van der Waals surface area contributed by atoms with Crippen molar-refractivity contribution in [3.8, 4) is 5.69 Å². The van der Waals surface area contributed by atoms with Gasteiger partial charge in [-0.05, 0) is 37.1 Å². The second-order valence-corrected chi connectivity index (χ2v) is 6.47. The number of carbonyl (C=O) groups is 1. The molecule has 0 aliphatic carbocycles. The maximum absolute atomic E-state index is 11.7. The van der Waals surface area contributed by atoms with Gasteiger partial charge in [0.05, 0.1) is 5.69 Å². The summed E-state index contributed by atoms with van der Waals surface area (Å²) >= 11 is 0. The maximum atomic E-state index is 11.7. The van der Waals surface area contributed by atoms with E-state index in [1.165, 1.54) is 24.7 Å². The maximum Gasteiger partial charge on any atom is 0.221 e. The van der Waals surface area contributed by atoms with Crippen LogP contribution in [0.1, 0.15) is 31.2 Å². The molecule has 26 heavy (non-hydrogen) atoms. The minimum atomic E-state index is 0. The molecular formula is C18H27ClN6O. The van der Waals surface area contributed by atoms with Crippen LogP contribution >= 0.6 is 12.4 Å². The molecular weight excluding hydrogens is 352 g/mol. The van der Waals surface area contributed by atoms with Crippen molar-refractivity contribution in [3.63, 3.8) is 0 Å². The van der Waals surface area contributed by atoms with E-state index in [1.54, 1.807) is 11.0 Å². The van der Waals surface area contributed by atoms with Crippen molar-refractivity contribution in [2.45, 2.75) is 38.3 Å². The van der Waals surface area contributed by atoms with Crippen LogP contribution in [0.25, 0.3) is 5.69 Å². The van der Waals surface area contributed by atoms with Gasteiger partial charge in [0.2, 0.25) is 5.91 Å². The molecule has 1 aliphatic heterocycles. The number of nitrogens with one attached hydrogen (secondary N) is 1. The van der Waals surface area contributed by atoms with Gasteiger partial charge in [-0.3, -0.25) is 9.69 Å². The van der Waals surface area contributed by atoms with Crippen LogP contribution in [0.5, 0.6) is 0 Å². The Hall–Kier alpha value is -1.96. The van der Waals surface area contributed by atoms with Crippen LogP contribution in [-0.4, -0.2) is 51.2 Å². The number of hydrogen-bond acceptors (Lipinski definition) is 5. The topological polar surface area (TPSA) is 89.1 Å². The van der Waals surface area contributed by atoms with Gasteiger partial charge in [-0.1, -0.05) is 18.6 Å². The zero-order chi connectivity index (χ0) is 17.5. The lowest BCUT2D eigenvalue weighted by Crippen LogP contribution is -2.46. The Labute approximate surface area is 160 Å². The third kappa shape index (κ3) is 5.52. The predicted molar refractivity (Wildman–Crippen MR) is 103 cm³/mol. The summed E-state index contributed by atoms with van der Waals surface area (Å²) < 4.78 is 1.75. The second kappa shape index (κ2) is 10.3. The molecule has 1 unspecified atom stereocenters. The molecule has 0 bridgehead atoms. The third-order valence-electron chi connectivity index (χ3n) is 4.66. The summed E-state index contributed by atoms with van der Waals surface area (Å²) in [6, 6.07) is 8.79. The van der Waals surface area contributed by atoms with E-state index in [0.717, 1.165) is 25.2 Å². The lowest BCUT2D eigenvalue weighted by atomic mass is 10.0. The van der Waals surface area contributed by atoms with Gasteiger partial charge in [0, 0.05) is 32.1 Å². The van der Waals surface area contributed by atoms with Crippen LogP contribution in [0.4, 0.5) is 0 Å². The number of nitrogens with zero attached hydrogens (tertiary/aromatic N) is 4. The number of piperidine rings is 1. The highest BCUT2D eigenvalue weighted by Crippen LogP contribution is 2.20. The first-order valence-electron chi connectivity index (χ1n) is 8.91. The molecule has 1 aliphatic rings. The third-order valence-corrected chi connectivity index (χ3v) is 4.66. The van der Waals surface area contributed by atoms with Crippen LogP contribution in [0.2, 0.25) is 0 Å². The number of likely N-dealkylation sites (tertiary alicyclic amines) is 1. The molecule has 0 radical (unpaired) electrons. The van der Waals surface area contributed by atoms with Gasteiger partial charge < -0.3 is 11.1 Å². The van der Waals surface area contributed by atoms with E-state index in [4.69, 9.17) is 5.73 Å². The standard InChI is InChI=1S/C18H26N6O.ClH/c19-9-8-18(25)21-11-17-3-1-2-10-23(17)12-15-4-6-16(7-5-15)24-14-20-13-22-24;/h4-7,13-14,17H,1-3,8-12,19H2,(H,21,25);1H. The van der Waals surface area contributed by atoms with Crippen LogP contribution < -0.4 is 11.1 Å². The molecule has 1 amide bonds. The fourth-order valence-electron chi connectivity index (χ4n) is 3.28. The summed E-state index contributed by atoms with van der Waals surface area (Å²) in [5.41, 5.74) is 7.71. The first kappa shape index (κ1) is 20.4. The average Bonchev–Trinajstić information content (AvgIpc) is 3.17. The number of nitrogens with two attached hydrogens (primary N) is 1. The summed E-state index contributed by atoms with van der Waals surface area (Å²) in [6.07, 6.45) is 7.19. The van der Waals surface area contributed by atoms with E-state index >= 15 is 0 Å². The van der Waals surface area contributed by atoms with Crippen molar-refractivity contribution in [3.05, 3.63) is 42.5 Å². The molecule has 3 N–H and O–H groups in total. The quantitative estimate of drug-likeness (QED) is 0.762. The first-order chi connectivity index (χ1) is 12.3. The van der Waals surface area contributed by atoms with Gasteiger partial charge in [-0.15, -0.1) is 12.4 Å². The lowest BCUT2D eigenvalue weighted by molar-refractivity contribution is -0.121. The molecule has 7 nitrogen and oxygen atoms in total. The van der Waals surface area contributed by atoms with Gasteiger partial charge in [0.15, 0.2) is 0 Å². The smallest absolute Gasteiger partial charge is 0.221 e. The van der Waals surface area contributed by atoms with Crippen LogP contribution in [0.3, 0.4) is 0 Å². The molecule has 1 aromatic carbocycles. The Bertz CT molecular complexity index is 661. The van der Waals surface area contributed by atoms with Gasteiger partial charge >= 0.3 is 0 Å². The summed E-state index contributed by atoms with van der Waals surface area (Å²) in [6.45, 7) is 3.07. The number of rotatable bonds is 7. The summed E-state index contributed by atoms with van der Waals surface area (Å²) in [7, 11) is 0. The van der Waals surface area contributed by atoms with Crippen molar-refractivity contribution < 1.29 is 4.79 Å². The summed E-state index contributed by atoms with van der Waals surface area (Å²) in [4.78, 5) is 18.1. The van der Waals surface area contributed by atoms with E-state index in [0.29, 0.717) is 25.6 Å². The highest BCUT2D eigenvalue weighted by atomic mass is 35.5. The highest BCUT2D eigenvalue weighted by molar-refractivity contribution is 5.85. The van der Waals surface area contributed by atoms with E-state index < -0.39 is 0 Å². The highest BCUT2D eigenvalue weighted by Gasteiger charge is 2.22. The zero-order valence-electron chi connectivity index (χ0n) is 14.9. The van der Waals surface area contributed by atoms with E-state index in [9.17, 15) is 4.79 Å². The number of amides is 1. The zero-order valence-corrected chi connectivity index (χ0v) is 15.7. The molecule has 3 rings (SSSR count). The Morgan fingerprint density at radius 3 is 2.77 bits per heavy atom. The van der Waals surface area contributed by atoms with Gasteiger partial charge in [-0.25, -0.2) is 9.67 Å².